The van der Waals surface area contributed by atoms with Crippen LogP contribution < -0.4 is 5.56 Å². The van der Waals surface area contributed by atoms with Crippen molar-refractivity contribution in [3.05, 3.63) is 70.8 Å². The minimum absolute atomic E-state index is 0.0454. The van der Waals surface area contributed by atoms with Crippen LogP contribution in [0.4, 0.5) is 0 Å². The number of rotatable bonds is 4. The predicted octanol–water partition coefficient (Wildman–Crippen LogP) is 1.71. The molecule has 0 atom stereocenters. The van der Waals surface area contributed by atoms with Crippen LogP contribution in [0.5, 0.6) is 0 Å². The number of benzene rings is 1. The summed E-state index contributed by atoms with van der Waals surface area (Å²) in [6.07, 6.45) is 3.63. The van der Waals surface area contributed by atoms with E-state index in [1.807, 2.05) is 53.2 Å². The zero-order valence-corrected chi connectivity index (χ0v) is 14.5. The van der Waals surface area contributed by atoms with Crippen molar-refractivity contribution in [1.29, 1.82) is 0 Å². The molecule has 134 valence electrons. The molecule has 1 fully saturated rings. The Morgan fingerprint density at radius 3 is 2.38 bits per heavy atom. The molecule has 6 nitrogen and oxygen atoms in total. The molecule has 0 N–H and O–H groups in total. The van der Waals surface area contributed by atoms with Crippen LogP contribution in [-0.2, 0) is 22.6 Å². The summed E-state index contributed by atoms with van der Waals surface area (Å²) < 4.78 is 8.73. The van der Waals surface area contributed by atoms with Gasteiger partial charge in [0.05, 0.1) is 13.2 Å². The molecule has 1 amide bonds. The van der Waals surface area contributed by atoms with Crippen molar-refractivity contribution in [2.75, 3.05) is 26.3 Å². The molecule has 0 spiro atoms. The molecule has 1 aliphatic heterocycles. The summed E-state index contributed by atoms with van der Waals surface area (Å²) >= 11 is 0. The molecular weight excluding hydrogens is 330 g/mol. The SMILES string of the molecule is O=C(Cn1ccc2ccn(Cc3ccccc3)c2c1=O)N1CCOCC1. The van der Waals surface area contributed by atoms with Crippen molar-refractivity contribution in [3.63, 3.8) is 0 Å². The second-order valence-electron chi connectivity index (χ2n) is 6.48. The number of fused-ring (bicyclic) bond motifs is 1. The zero-order valence-electron chi connectivity index (χ0n) is 14.5. The number of carbonyl (C=O) groups is 1. The van der Waals surface area contributed by atoms with E-state index in [1.165, 1.54) is 4.57 Å². The molecule has 3 aromatic rings. The monoisotopic (exact) mass is 351 g/mol. The first-order valence-electron chi connectivity index (χ1n) is 8.80. The van der Waals surface area contributed by atoms with E-state index in [9.17, 15) is 9.59 Å². The largest absolute Gasteiger partial charge is 0.378 e. The van der Waals surface area contributed by atoms with Gasteiger partial charge in [-0.25, -0.2) is 0 Å². The van der Waals surface area contributed by atoms with Gasteiger partial charge in [-0.15, -0.1) is 0 Å². The van der Waals surface area contributed by atoms with Gasteiger partial charge in [0.25, 0.3) is 5.56 Å². The Labute approximate surface area is 151 Å². The molecule has 1 aromatic carbocycles. The lowest BCUT2D eigenvalue weighted by molar-refractivity contribution is -0.135. The van der Waals surface area contributed by atoms with Crippen LogP contribution in [0.1, 0.15) is 5.56 Å². The van der Waals surface area contributed by atoms with E-state index < -0.39 is 0 Å². The number of amides is 1. The van der Waals surface area contributed by atoms with Crippen molar-refractivity contribution in [2.45, 2.75) is 13.1 Å². The normalized spacial score (nSPS) is 14.7. The van der Waals surface area contributed by atoms with Crippen molar-refractivity contribution < 1.29 is 9.53 Å². The molecule has 1 saturated heterocycles. The summed E-state index contributed by atoms with van der Waals surface area (Å²) in [7, 11) is 0. The molecular formula is C20H21N3O3. The summed E-state index contributed by atoms with van der Waals surface area (Å²) in [5, 5.41) is 0.890. The molecule has 3 heterocycles. The van der Waals surface area contributed by atoms with Crippen LogP contribution in [0.15, 0.2) is 59.7 Å². The number of morpholine rings is 1. The van der Waals surface area contributed by atoms with Gasteiger partial charge in [-0.1, -0.05) is 30.3 Å². The molecule has 0 saturated carbocycles. The molecule has 0 bridgehead atoms. The fourth-order valence-electron chi connectivity index (χ4n) is 3.34. The maximum Gasteiger partial charge on any atom is 0.275 e. The van der Waals surface area contributed by atoms with E-state index in [2.05, 4.69) is 0 Å². The van der Waals surface area contributed by atoms with Gasteiger partial charge in [0.15, 0.2) is 0 Å². The standard InChI is InChI=1S/C20H21N3O3/c24-18(21-10-12-26-13-11-21)15-23-9-7-17-6-8-22(19(17)20(23)25)14-16-4-2-1-3-5-16/h1-9H,10-15H2. The highest BCUT2D eigenvalue weighted by atomic mass is 16.5. The van der Waals surface area contributed by atoms with Gasteiger partial charge in [-0.05, 0) is 17.7 Å². The summed E-state index contributed by atoms with van der Waals surface area (Å²) in [4.78, 5) is 27.2. The summed E-state index contributed by atoms with van der Waals surface area (Å²) in [5.74, 6) is -0.0454. The van der Waals surface area contributed by atoms with E-state index in [4.69, 9.17) is 4.74 Å². The number of hydrogen-bond donors (Lipinski definition) is 0. The summed E-state index contributed by atoms with van der Waals surface area (Å²) in [6.45, 7) is 2.96. The van der Waals surface area contributed by atoms with Gasteiger partial charge in [-0.3, -0.25) is 9.59 Å². The Morgan fingerprint density at radius 1 is 0.962 bits per heavy atom. The van der Waals surface area contributed by atoms with E-state index in [0.717, 1.165) is 10.9 Å². The number of ether oxygens (including phenoxy) is 1. The topological polar surface area (TPSA) is 56.5 Å². The van der Waals surface area contributed by atoms with E-state index in [1.54, 1.807) is 11.1 Å². The van der Waals surface area contributed by atoms with Crippen LogP contribution in [0.25, 0.3) is 10.9 Å². The Hall–Kier alpha value is -2.86. The first kappa shape index (κ1) is 16.6. The van der Waals surface area contributed by atoms with Gasteiger partial charge in [0, 0.05) is 37.4 Å². The van der Waals surface area contributed by atoms with Crippen molar-refractivity contribution in [2.24, 2.45) is 0 Å². The highest BCUT2D eigenvalue weighted by Gasteiger charge is 2.18. The van der Waals surface area contributed by atoms with Gasteiger partial charge in [0.2, 0.25) is 5.91 Å². The summed E-state index contributed by atoms with van der Waals surface area (Å²) in [6, 6.07) is 13.9. The molecule has 26 heavy (non-hydrogen) atoms. The number of aromatic nitrogens is 2. The minimum atomic E-state index is -0.134. The lowest BCUT2D eigenvalue weighted by atomic mass is 10.2. The Kier molecular flexibility index (Phi) is 4.58. The van der Waals surface area contributed by atoms with Crippen LogP contribution in [0.3, 0.4) is 0 Å². The molecule has 4 rings (SSSR count). The van der Waals surface area contributed by atoms with Crippen LogP contribution >= 0.6 is 0 Å². The number of hydrogen-bond acceptors (Lipinski definition) is 3. The van der Waals surface area contributed by atoms with Crippen molar-refractivity contribution in [3.8, 4) is 0 Å². The van der Waals surface area contributed by atoms with Crippen molar-refractivity contribution >= 4 is 16.8 Å². The van der Waals surface area contributed by atoms with Gasteiger partial charge >= 0.3 is 0 Å². The fraction of sp³-hybridized carbons (Fsp3) is 0.300. The third-order valence-electron chi connectivity index (χ3n) is 4.76. The lowest BCUT2D eigenvalue weighted by Gasteiger charge is -2.27. The highest BCUT2D eigenvalue weighted by Crippen LogP contribution is 2.14. The van der Waals surface area contributed by atoms with Crippen molar-refractivity contribution in [1.82, 2.24) is 14.0 Å². The maximum atomic E-state index is 13.0. The van der Waals surface area contributed by atoms with Crippen LogP contribution in [-0.4, -0.2) is 46.2 Å². The number of pyridine rings is 1. The number of carbonyl (C=O) groups excluding carboxylic acids is 1. The smallest absolute Gasteiger partial charge is 0.275 e. The van der Waals surface area contributed by atoms with E-state index in [-0.39, 0.29) is 18.0 Å². The molecule has 0 aliphatic carbocycles. The number of nitrogens with zero attached hydrogens (tertiary/aromatic N) is 3. The van der Waals surface area contributed by atoms with Crippen LogP contribution in [0, 0.1) is 0 Å². The fourth-order valence-corrected chi connectivity index (χ4v) is 3.34. The molecule has 6 heteroatoms. The zero-order chi connectivity index (χ0) is 17.9. The molecule has 0 unspecified atom stereocenters. The Morgan fingerprint density at radius 2 is 1.65 bits per heavy atom. The quantitative estimate of drug-likeness (QED) is 0.719. The second kappa shape index (κ2) is 7.17. The van der Waals surface area contributed by atoms with E-state index in [0.29, 0.717) is 38.4 Å². The third-order valence-corrected chi connectivity index (χ3v) is 4.76. The highest BCUT2D eigenvalue weighted by molar-refractivity contribution is 5.80. The average Bonchev–Trinajstić information content (AvgIpc) is 3.09. The van der Waals surface area contributed by atoms with Gasteiger partial charge in [0.1, 0.15) is 12.1 Å². The first-order valence-corrected chi connectivity index (χ1v) is 8.80. The van der Waals surface area contributed by atoms with Gasteiger partial charge < -0.3 is 18.8 Å². The average molecular weight is 351 g/mol. The lowest BCUT2D eigenvalue weighted by Crippen LogP contribution is -2.43. The van der Waals surface area contributed by atoms with Crippen LogP contribution in [0.2, 0.25) is 0 Å². The Bertz CT molecular complexity index is 969. The van der Waals surface area contributed by atoms with Gasteiger partial charge in [-0.2, -0.15) is 0 Å². The van der Waals surface area contributed by atoms with E-state index >= 15 is 0 Å². The minimum Gasteiger partial charge on any atom is -0.378 e. The molecule has 1 aliphatic rings. The summed E-state index contributed by atoms with van der Waals surface area (Å²) in [5.41, 5.74) is 1.63. The third kappa shape index (κ3) is 3.28. The Balaban J connectivity index is 1.62. The first-order chi connectivity index (χ1) is 12.7. The molecule has 0 radical (unpaired) electrons. The second-order valence-corrected chi connectivity index (χ2v) is 6.48. The molecule has 2 aromatic heterocycles. The maximum absolute atomic E-state index is 13.0. The predicted molar refractivity (Wildman–Crippen MR) is 99.1 cm³/mol.